The van der Waals surface area contributed by atoms with Crippen LogP contribution in [0, 0.1) is 0 Å². The van der Waals surface area contributed by atoms with Gasteiger partial charge in [-0.3, -0.25) is 9.36 Å². The summed E-state index contributed by atoms with van der Waals surface area (Å²) < 4.78 is 17.9. The summed E-state index contributed by atoms with van der Waals surface area (Å²) in [6, 6.07) is 3.92. The van der Waals surface area contributed by atoms with Crippen LogP contribution >= 0.6 is 11.8 Å². The van der Waals surface area contributed by atoms with Gasteiger partial charge in [0.25, 0.3) is 0 Å². The highest BCUT2D eigenvalue weighted by Crippen LogP contribution is 2.33. The van der Waals surface area contributed by atoms with Gasteiger partial charge >= 0.3 is 5.69 Å². The number of ether oxygens (including phenoxy) is 3. The third kappa shape index (κ3) is 4.34. The Morgan fingerprint density at radius 1 is 1.30 bits per heavy atom. The minimum absolute atomic E-state index is 0.0135. The molecule has 2 aliphatic rings. The molecule has 3 heterocycles. The monoisotopic (exact) mass is 434 g/mol. The number of nitrogens with one attached hydrogen (secondary N) is 1. The molecule has 0 radical (unpaired) electrons. The van der Waals surface area contributed by atoms with E-state index in [-0.39, 0.29) is 23.5 Å². The standard InChI is InChI=1S/C20H26N4O5S/c1-27-16-8-13-5-6-23(10-14(13)9-17(16)28-2)18(25)12-30-20-22-21-19(26)24(20)11-15-4-3-7-29-15/h8-9,15H,3-7,10-12H2,1-2H3,(H,21,26). The Morgan fingerprint density at radius 3 is 2.77 bits per heavy atom. The van der Waals surface area contributed by atoms with E-state index >= 15 is 0 Å². The number of fused-ring (bicyclic) bond motifs is 1. The second-order valence-corrected chi connectivity index (χ2v) is 8.33. The average molecular weight is 435 g/mol. The summed E-state index contributed by atoms with van der Waals surface area (Å²) >= 11 is 1.28. The molecule has 9 nitrogen and oxygen atoms in total. The van der Waals surface area contributed by atoms with Crippen LogP contribution in [0.5, 0.6) is 11.5 Å². The molecule has 162 valence electrons. The molecule has 1 aromatic heterocycles. The Morgan fingerprint density at radius 2 is 2.07 bits per heavy atom. The summed E-state index contributed by atoms with van der Waals surface area (Å²) in [5.74, 6) is 1.60. The van der Waals surface area contributed by atoms with Gasteiger partial charge in [0.2, 0.25) is 5.91 Å². The van der Waals surface area contributed by atoms with Gasteiger partial charge in [-0.25, -0.2) is 9.89 Å². The molecule has 10 heteroatoms. The Hall–Kier alpha value is -2.46. The predicted molar refractivity (Wildman–Crippen MR) is 111 cm³/mol. The summed E-state index contributed by atoms with van der Waals surface area (Å²) in [6.07, 6.45) is 2.73. The van der Waals surface area contributed by atoms with Crippen molar-refractivity contribution in [2.45, 2.75) is 43.6 Å². The zero-order valence-electron chi connectivity index (χ0n) is 17.2. The highest BCUT2D eigenvalue weighted by molar-refractivity contribution is 7.99. The molecule has 1 atom stereocenters. The molecule has 4 rings (SSSR count). The van der Waals surface area contributed by atoms with Gasteiger partial charge in [0.05, 0.1) is 32.6 Å². The van der Waals surface area contributed by atoms with E-state index < -0.39 is 0 Å². The number of carbonyl (C=O) groups is 1. The van der Waals surface area contributed by atoms with Gasteiger partial charge in [0.1, 0.15) is 0 Å². The number of thioether (sulfide) groups is 1. The molecule has 2 aromatic rings. The topological polar surface area (TPSA) is 98.7 Å². The van der Waals surface area contributed by atoms with Crippen LogP contribution in [-0.2, 0) is 29.0 Å². The maximum absolute atomic E-state index is 12.8. The molecule has 0 bridgehead atoms. The molecule has 1 unspecified atom stereocenters. The lowest BCUT2D eigenvalue weighted by atomic mass is 9.99. The van der Waals surface area contributed by atoms with Crippen molar-refractivity contribution in [1.82, 2.24) is 19.7 Å². The minimum atomic E-state index is -0.270. The van der Waals surface area contributed by atoms with Gasteiger partial charge in [-0.05, 0) is 42.5 Å². The number of hydrogen-bond donors (Lipinski definition) is 1. The molecule has 1 N–H and O–H groups in total. The van der Waals surface area contributed by atoms with Crippen LogP contribution < -0.4 is 15.2 Å². The minimum Gasteiger partial charge on any atom is -0.493 e. The van der Waals surface area contributed by atoms with E-state index in [1.54, 1.807) is 18.8 Å². The van der Waals surface area contributed by atoms with Gasteiger partial charge in [0, 0.05) is 19.7 Å². The maximum Gasteiger partial charge on any atom is 0.344 e. The number of hydrogen-bond acceptors (Lipinski definition) is 7. The van der Waals surface area contributed by atoms with Gasteiger partial charge in [-0.15, -0.1) is 5.10 Å². The van der Waals surface area contributed by atoms with Crippen LogP contribution in [0.3, 0.4) is 0 Å². The summed E-state index contributed by atoms with van der Waals surface area (Å²) in [5.41, 5.74) is 1.96. The zero-order chi connectivity index (χ0) is 21.1. The molecule has 1 aromatic carbocycles. The molecule has 0 aliphatic carbocycles. The highest BCUT2D eigenvalue weighted by atomic mass is 32.2. The van der Waals surface area contributed by atoms with E-state index in [1.165, 1.54) is 17.3 Å². The van der Waals surface area contributed by atoms with Crippen LogP contribution in [0.2, 0.25) is 0 Å². The van der Waals surface area contributed by atoms with Crippen molar-refractivity contribution >= 4 is 17.7 Å². The molecule has 2 aliphatic heterocycles. The van der Waals surface area contributed by atoms with Crippen molar-refractivity contribution in [3.63, 3.8) is 0 Å². The van der Waals surface area contributed by atoms with Crippen molar-refractivity contribution in [2.75, 3.05) is 33.1 Å². The van der Waals surface area contributed by atoms with Gasteiger partial charge in [-0.1, -0.05) is 11.8 Å². The maximum atomic E-state index is 12.8. The first-order valence-electron chi connectivity index (χ1n) is 10.00. The van der Waals surface area contributed by atoms with Crippen molar-refractivity contribution < 1.29 is 19.0 Å². The smallest absolute Gasteiger partial charge is 0.344 e. The second kappa shape index (κ2) is 9.13. The van der Waals surface area contributed by atoms with E-state index in [4.69, 9.17) is 14.2 Å². The molecule has 30 heavy (non-hydrogen) atoms. The molecule has 0 saturated carbocycles. The lowest BCUT2D eigenvalue weighted by Gasteiger charge is -2.29. The fourth-order valence-electron chi connectivity index (χ4n) is 3.88. The number of amides is 1. The molecular weight excluding hydrogens is 408 g/mol. The predicted octanol–water partition coefficient (Wildman–Crippen LogP) is 1.44. The number of aromatic amines is 1. The molecule has 1 saturated heterocycles. The number of aromatic nitrogens is 3. The fraction of sp³-hybridized carbons (Fsp3) is 0.550. The highest BCUT2D eigenvalue weighted by Gasteiger charge is 2.24. The summed E-state index contributed by atoms with van der Waals surface area (Å²) in [7, 11) is 3.22. The zero-order valence-corrected chi connectivity index (χ0v) is 18.0. The van der Waals surface area contributed by atoms with Crippen molar-refractivity contribution in [3.05, 3.63) is 33.7 Å². The Labute approximate surface area is 178 Å². The summed E-state index contributed by atoms with van der Waals surface area (Å²) in [6.45, 7) is 2.36. The first kappa shape index (κ1) is 20.8. The SMILES string of the molecule is COc1cc2c(cc1OC)CN(C(=O)CSc1n[nH]c(=O)n1CC1CCCO1)CC2. The van der Waals surface area contributed by atoms with Crippen molar-refractivity contribution in [1.29, 1.82) is 0 Å². The van der Waals surface area contributed by atoms with E-state index in [2.05, 4.69) is 10.2 Å². The summed E-state index contributed by atoms with van der Waals surface area (Å²) in [5, 5.41) is 7.09. The van der Waals surface area contributed by atoms with Crippen molar-refractivity contribution in [3.8, 4) is 11.5 Å². The number of H-pyrrole nitrogens is 1. The van der Waals surface area contributed by atoms with Gasteiger partial charge in [0.15, 0.2) is 16.7 Å². The third-order valence-corrected chi connectivity index (χ3v) is 6.49. The molecule has 1 fully saturated rings. The van der Waals surface area contributed by atoms with Crippen LogP contribution in [0.15, 0.2) is 22.1 Å². The van der Waals surface area contributed by atoms with Crippen LogP contribution in [-0.4, -0.2) is 64.8 Å². The average Bonchev–Trinajstić information content (AvgIpc) is 3.41. The normalized spacial score (nSPS) is 18.3. The Kier molecular flexibility index (Phi) is 6.33. The Balaban J connectivity index is 1.39. The van der Waals surface area contributed by atoms with Crippen LogP contribution in [0.4, 0.5) is 0 Å². The number of benzene rings is 1. The first-order valence-corrected chi connectivity index (χ1v) is 11.0. The molecular formula is C20H26N4O5S. The second-order valence-electron chi connectivity index (χ2n) is 7.39. The summed E-state index contributed by atoms with van der Waals surface area (Å²) in [4.78, 5) is 26.7. The largest absolute Gasteiger partial charge is 0.493 e. The van der Waals surface area contributed by atoms with E-state index in [0.717, 1.165) is 31.4 Å². The number of carbonyl (C=O) groups excluding carboxylic acids is 1. The van der Waals surface area contributed by atoms with Crippen LogP contribution in [0.25, 0.3) is 0 Å². The van der Waals surface area contributed by atoms with E-state index in [9.17, 15) is 9.59 Å². The van der Waals surface area contributed by atoms with Gasteiger partial charge in [-0.2, -0.15) is 0 Å². The van der Waals surface area contributed by atoms with E-state index in [0.29, 0.717) is 36.3 Å². The molecule has 1 amide bonds. The third-order valence-electron chi connectivity index (χ3n) is 5.53. The quantitative estimate of drug-likeness (QED) is 0.659. The Bertz CT molecular complexity index is 967. The number of methoxy groups -OCH3 is 2. The van der Waals surface area contributed by atoms with Gasteiger partial charge < -0.3 is 19.1 Å². The lowest BCUT2D eigenvalue weighted by molar-refractivity contribution is -0.129. The van der Waals surface area contributed by atoms with E-state index in [1.807, 2.05) is 17.0 Å². The van der Waals surface area contributed by atoms with Crippen LogP contribution in [0.1, 0.15) is 24.0 Å². The number of rotatable bonds is 7. The van der Waals surface area contributed by atoms with Crippen molar-refractivity contribution in [2.24, 2.45) is 0 Å². The number of nitrogens with zero attached hydrogens (tertiary/aromatic N) is 3. The lowest BCUT2D eigenvalue weighted by Crippen LogP contribution is -2.37. The first-order chi connectivity index (χ1) is 14.6. The fourth-order valence-corrected chi connectivity index (χ4v) is 4.74. The molecule has 0 spiro atoms.